The van der Waals surface area contributed by atoms with Gasteiger partial charge in [0.05, 0.1) is 47.1 Å². The summed E-state index contributed by atoms with van der Waals surface area (Å²) < 4.78 is 73.5. The first-order valence-corrected chi connectivity index (χ1v) is 12.2. The number of benzene rings is 2. The Hall–Kier alpha value is -2.66. The van der Waals surface area contributed by atoms with E-state index in [1.165, 1.54) is 20.3 Å². The van der Waals surface area contributed by atoms with Crippen molar-refractivity contribution in [2.75, 3.05) is 31.0 Å². The molecule has 0 bridgehead atoms. The summed E-state index contributed by atoms with van der Waals surface area (Å²) in [6, 6.07) is 7.44. The Bertz CT molecular complexity index is 1190. The van der Waals surface area contributed by atoms with Crippen LogP contribution in [-0.2, 0) is 19.7 Å². The molecular formula is C19H20FNO7S2. The minimum Gasteiger partial charge on any atom is -0.497 e. The highest BCUT2D eigenvalue weighted by Gasteiger charge is 2.38. The number of nitrogens with one attached hydrogen (secondary N) is 1. The lowest BCUT2D eigenvalue weighted by Gasteiger charge is -2.14. The van der Waals surface area contributed by atoms with Crippen LogP contribution in [0.25, 0.3) is 0 Å². The van der Waals surface area contributed by atoms with Crippen LogP contribution in [0, 0.1) is 5.82 Å². The maximum Gasteiger partial charge on any atom is 0.258 e. The Labute approximate surface area is 173 Å². The smallest absolute Gasteiger partial charge is 0.258 e. The molecule has 2 aromatic rings. The Morgan fingerprint density at radius 3 is 2.47 bits per heavy atom. The van der Waals surface area contributed by atoms with E-state index in [9.17, 15) is 26.0 Å². The fourth-order valence-electron chi connectivity index (χ4n) is 3.15. The van der Waals surface area contributed by atoms with Gasteiger partial charge in [-0.05, 0) is 36.8 Å². The highest BCUT2D eigenvalue weighted by molar-refractivity contribution is 7.96. The van der Waals surface area contributed by atoms with E-state index in [0.717, 1.165) is 18.2 Å². The Morgan fingerprint density at radius 2 is 1.87 bits per heavy atom. The van der Waals surface area contributed by atoms with Gasteiger partial charge in [0.15, 0.2) is 19.7 Å². The second-order valence-electron chi connectivity index (χ2n) is 6.73. The number of sulfone groups is 2. The quantitative estimate of drug-likeness (QED) is 0.660. The monoisotopic (exact) mass is 457 g/mol. The van der Waals surface area contributed by atoms with E-state index in [1.54, 1.807) is 12.1 Å². The predicted octanol–water partition coefficient (Wildman–Crippen LogP) is 2.06. The highest BCUT2D eigenvalue weighted by atomic mass is 32.2. The summed E-state index contributed by atoms with van der Waals surface area (Å²) in [5.74, 6) is -1.81. The van der Waals surface area contributed by atoms with Gasteiger partial charge in [-0.3, -0.25) is 4.79 Å². The van der Waals surface area contributed by atoms with E-state index >= 15 is 0 Å². The summed E-state index contributed by atoms with van der Waals surface area (Å²) in [4.78, 5) is 12.4. The number of carbonyl (C=O) groups is 1. The number of hydrogen-bond donors (Lipinski definition) is 1. The van der Waals surface area contributed by atoms with Crippen LogP contribution < -0.4 is 14.8 Å². The summed E-state index contributed by atoms with van der Waals surface area (Å²) in [6.45, 7) is 0. The topological polar surface area (TPSA) is 116 Å². The fraction of sp³-hybridized carbons (Fsp3) is 0.316. The molecule has 1 N–H and O–H groups in total. The number of hydrogen-bond acceptors (Lipinski definition) is 7. The van der Waals surface area contributed by atoms with Crippen LogP contribution in [0.5, 0.6) is 11.5 Å². The van der Waals surface area contributed by atoms with Gasteiger partial charge < -0.3 is 14.8 Å². The summed E-state index contributed by atoms with van der Waals surface area (Å²) in [5, 5.41) is 1.36. The van der Waals surface area contributed by atoms with Crippen LogP contribution in [-0.4, -0.2) is 53.7 Å². The zero-order valence-corrected chi connectivity index (χ0v) is 17.8. The van der Waals surface area contributed by atoms with E-state index < -0.39 is 48.0 Å². The molecule has 1 amide bonds. The lowest BCUT2D eigenvalue weighted by atomic mass is 10.2. The molecule has 2 aromatic carbocycles. The fourth-order valence-corrected chi connectivity index (χ4v) is 7.54. The van der Waals surface area contributed by atoms with Gasteiger partial charge in [0.2, 0.25) is 0 Å². The Morgan fingerprint density at radius 1 is 1.13 bits per heavy atom. The molecular weight excluding hydrogens is 437 g/mol. The number of rotatable bonds is 6. The number of ether oxygens (including phenoxy) is 2. The van der Waals surface area contributed by atoms with Gasteiger partial charge in [0.25, 0.3) is 5.91 Å². The van der Waals surface area contributed by atoms with Gasteiger partial charge in [-0.2, -0.15) is 0 Å². The molecule has 30 heavy (non-hydrogen) atoms. The molecule has 8 nitrogen and oxygen atoms in total. The van der Waals surface area contributed by atoms with Gasteiger partial charge in [-0.15, -0.1) is 0 Å². The minimum atomic E-state index is -4.05. The second-order valence-corrected chi connectivity index (χ2v) is 11.2. The van der Waals surface area contributed by atoms with E-state index in [2.05, 4.69) is 5.32 Å². The number of anilines is 1. The molecule has 1 aliphatic heterocycles. The summed E-state index contributed by atoms with van der Waals surface area (Å²) >= 11 is 0. The van der Waals surface area contributed by atoms with E-state index in [0.29, 0.717) is 11.5 Å². The number of amides is 1. The first kappa shape index (κ1) is 22.0. The lowest BCUT2D eigenvalue weighted by Crippen LogP contribution is -2.23. The van der Waals surface area contributed by atoms with Crippen LogP contribution in [0.3, 0.4) is 0 Å². The van der Waals surface area contributed by atoms with E-state index in [1.807, 2.05) is 0 Å². The summed E-state index contributed by atoms with van der Waals surface area (Å²) in [5.41, 5.74) is -0.293. The molecule has 0 spiro atoms. The third kappa shape index (κ3) is 4.41. The molecule has 1 aliphatic rings. The van der Waals surface area contributed by atoms with Crippen molar-refractivity contribution in [2.45, 2.75) is 16.6 Å². The molecule has 162 valence electrons. The highest BCUT2D eigenvalue weighted by Crippen LogP contribution is 2.30. The van der Waals surface area contributed by atoms with Crippen molar-refractivity contribution < 1.29 is 35.5 Å². The molecule has 11 heteroatoms. The van der Waals surface area contributed by atoms with Gasteiger partial charge in [-0.25, -0.2) is 21.2 Å². The van der Waals surface area contributed by atoms with Crippen LogP contribution >= 0.6 is 0 Å². The van der Waals surface area contributed by atoms with Gasteiger partial charge in [-0.1, -0.05) is 0 Å². The predicted molar refractivity (Wildman–Crippen MR) is 108 cm³/mol. The third-order valence-electron chi connectivity index (χ3n) is 4.80. The first-order chi connectivity index (χ1) is 14.1. The van der Waals surface area contributed by atoms with Crippen molar-refractivity contribution in [3.8, 4) is 11.5 Å². The molecule has 1 saturated heterocycles. The van der Waals surface area contributed by atoms with Gasteiger partial charge in [0, 0.05) is 6.07 Å². The molecule has 3 rings (SSSR count). The number of methoxy groups -OCH3 is 2. The SMILES string of the molecule is COc1ccc(OC)c(NC(=O)c2cc(S(=O)(=O)[C@H]3CCS(=O)(=O)C3)ccc2F)c1. The van der Waals surface area contributed by atoms with Crippen LogP contribution in [0.1, 0.15) is 16.8 Å². The minimum absolute atomic E-state index is 0.0371. The molecule has 0 aliphatic carbocycles. The lowest BCUT2D eigenvalue weighted by molar-refractivity contribution is 0.102. The molecule has 1 fully saturated rings. The second kappa shape index (κ2) is 8.23. The number of carbonyl (C=O) groups excluding carboxylic acids is 1. The zero-order valence-electron chi connectivity index (χ0n) is 16.2. The molecule has 0 radical (unpaired) electrons. The average Bonchev–Trinajstić information content (AvgIpc) is 3.08. The Balaban J connectivity index is 1.93. The molecule has 1 heterocycles. The van der Waals surface area contributed by atoms with Crippen LogP contribution in [0.4, 0.5) is 10.1 Å². The van der Waals surface area contributed by atoms with Crippen molar-refractivity contribution >= 4 is 31.3 Å². The van der Waals surface area contributed by atoms with Crippen molar-refractivity contribution in [2.24, 2.45) is 0 Å². The van der Waals surface area contributed by atoms with Gasteiger partial charge >= 0.3 is 0 Å². The molecule has 0 unspecified atom stereocenters. The van der Waals surface area contributed by atoms with Crippen molar-refractivity contribution in [1.82, 2.24) is 0 Å². The van der Waals surface area contributed by atoms with Crippen LogP contribution in [0.15, 0.2) is 41.3 Å². The van der Waals surface area contributed by atoms with Crippen molar-refractivity contribution in [3.05, 3.63) is 47.8 Å². The standard InChI is InChI=1S/C19H20FNO7S2/c1-27-12-3-6-18(28-2)17(9-12)21-19(22)15-10-13(4-5-16(15)20)30(25,26)14-7-8-29(23,24)11-14/h3-6,9-10,14H,7-8,11H2,1-2H3,(H,21,22)/t14-/m0/s1. The normalized spacial score (nSPS) is 18.0. The maximum atomic E-state index is 14.3. The average molecular weight is 458 g/mol. The van der Waals surface area contributed by atoms with E-state index in [-0.39, 0.29) is 22.8 Å². The molecule has 0 aromatic heterocycles. The number of halogens is 1. The van der Waals surface area contributed by atoms with Gasteiger partial charge in [0.1, 0.15) is 17.3 Å². The van der Waals surface area contributed by atoms with E-state index in [4.69, 9.17) is 9.47 Å². The molecule has 1 atom stereocenters. The van der Waals surface area contributed by atoms with Crippen LogP contribution in [0.2, 0.25) is 0 Å². The summed E-state index contributed by atoms with van der Waals surface area (Å²) in [7, 11) is -4.66. The Kier molecular flexibility index (Phi) is 6.04. The largest absolute Gasteiger partial charge is 0.497 e. The zero-order chi connectivity index (χ0) is 22.1. The first-order valence-electron chi connectivity index (χ1n) is 8.84. The summed E-state index contributed by atoms with van der Waals surface area (Å²) in [6.07, 6.45) is -0.0371. The maximum absolute atomic E-state index is 14.3. The molecule has 0 saturated carbocycles. The third-order valence-corrected chi connectivity index (χ3v) is 8.97. The van der Waals surface area contributed by atoms with Crippen molar-refractivity contribution in [1.29, 1.82) is 0 Å². The van der Waals surface area contributed by atoms with Crippen molar-refractivity contribution in [3.63, 3.8) is 0 Å².